The average Bonchev–Trinajstić information content (AvgIpc) is 3.34. The second-order valence-electron chi connectivity index (χ2n) is 8.02. The number of guanidine groups is 1. The maximum Gasteiger partial charge on any atom is 0.190 e. The molecule has 0 saturated carbocycles. The Bertz CT molecular complexity index is 641. The minimum absolute atomic E-state index is 0.288. The number of methoxy groups -OCH3 is 1. The summed E-state index contributed by atoms with van der Waals surface area (Å²) in [5.41, 5.74) is 1.28. The highest BCUT2D eigenvalue weighted by molar-refractivity contribution is 5.79. The van der Waals surface area contributed by atoms with Gasteiger partial charge in [0.1, 0.15) is 5.75 Å². The van der Waals surface area contributed by atoms with Crippen molar-refractivity contribution in [2.75, 3.05) is 84.7 Å². The summed E-state index contributed by atoms with van der Waals surface area (Å²) >= 11 is 0. The van der Waals surface area contributed by atoms with Crippen molar-refractivity contribution < 1.29 is 14.2 Å². The van der Waals surface area contributed by atoms with Crippen LogP contribution < -0.4 is 20.3 Å². The highest BCUT2D eigenvalue weighted by Crippen LogP contribution is 2.20. The Balaban J connectivity index is 1.21. The van der Waals surface area contributed by atoms with E-state index in [9.17, 15) is 0 Å². The number of ether oxygens (including phenoxy) is 3. The van der Waals surface area contributed by atoms with Crippen LogP contribution in [-0.2, 0) is 9.47 Å². The second kappa shape index (κ2) is 13.4. The van der Waals surface area contributed by atoms with Crippen LogP contribution in [0.25, 0.3) is 0 Å². The lowest BCUT2D eigenvalue weighted by Gasteiger charge is -2.36. The van der Waals surface area contributed by atoms with E-state index in [4.69, 9.17) is 14.2 Å². The maximum atomic E-state index is 5.79. The first-order valence-electron chi connectivity index (χ1n) is 11.5. The van der Waals surface area contributed by atoms with Gasteiger partial charge < -0.3 is 29.7 Å². The van der Waals surface area contributed by atoms with Crippen molar-refractivity contribution in [1.29, 1.82) is 0 Å². The Hall–Kier alpha value is -2.03. The lowest BCUT2D eigenvalue weighted by atomic mass is 10.2. The van der Waals surface area contributed by atoms with Gasteiger partial charge in [0.05, 0.1) is 19.8 Å². The Kier molecular flexibility index (Phi) is 10.2. The van der Waals surface area contributed by atoms with Gasteiger partial charge in [-0.3, -0.25) is 9.89 Å². The third-order valence-corrected chi connectivity index (χ3v) is 5.83. The van der Waals surface area contributed by atoms with Gasteiger partial charge in [0.15, 0.2) is 5.96 Å². The van der Waals surface area contributed by atoms with E-state index in [0.717, 1.165) is 96.6 Å². The zero-order valence-electron chi connectivity index (χ0n) is 19.1. The van der Waals surface area contributed by atoms with Gasteiger partial charge in [0, 0.05) is 65.2 Å². The molecule has 0 aromatic heterocycles. The highest BCUT2D eigenvalue weighted by atomic mass is 16.5. The lowest BCUT2D eigenvalue weighted by molar-refractivity contribution is 0.0420. The van der Waals surface area contributed by atoms with Crippen LogP contribution in [-0.4, -0.2) is 96.8 Å². The van der Waals surface area contributed by atoms with Crippen LogP contribution in [0, 0.1) is 0 Å². The largest absolute Gasteiger partial charge is 0.497 e. The Labute approximate surface area is 186 Å². The van der Waals surface area contributed by atoms with Crippen LogP contribution in [0.2, 0.25) is 0 Å². The first-order chi connectivity index (χ1) is 15.3. The fourth-order valence-corrected chi connectivity index (χ4v) is 3.93. The van der Waals surface area contributed by atoms with Crippen molar-refractivity contribution in [3.8, 4) is 5.75 Å². The summed E-state index contributed by atoms with van der Waals surface area (Å²) in [5.74, 6) is 1.78. The monoisotopic (exact) mass is 433 g/mol. The van der Waals surface area contributed by atoms with Crippen LogP contribution in [0.4, 0.5) is 5.69 Å². The molecule has 1 aromatic carbocycles. The van der Waals surface area contributed by atoms with Gasteiger partial charge in [-0.25, -0.2) is 0 Å². The van der Waals surface area contributed by atoms with E-state index in [1.165, 1.54) is 5.69 Å². The molecule has 0 spiro atoms. The normalized spacial score (nSPS) is 20.1. The number of anilines is 1. The number of aliphatic imine (C=N–C) groups is 1. The quantitative estimate of drug-likeness (QED) is 0.312. The predicted molar refractivity (Wildman–Crippen MR) is 125 cm³/mol. The van der Waals surface area contributed by atoms with Crippen molar-refractivity contribution in [2.24, 2.45) is 4.99 Å². The Morgan fingerprint density at radius 3 is 2.48 bits per heavy atom. The van der Waals surface area contributed by atoms with Crippen LogP contribution in [0.15, 0.2) is 29.3 Å². The number of nitrogens with one attached hydrogen (secondary N) is 2. The fourth-order valence-electron chi connectivity index (χ4n) is 3.93. The molecule has 31 heavy (non-hydrogen) atoms. The zero-order valence-corrected chi connectivity index (χ0v) is 19.1. The molecule has 8 heteroatoms. The first-order valence-corrected chi connectivity index (χ1v) is 11.5. The number of nitrogens with zero attached hydrogens (tertiary/aromatic N) is 3. The molecule has 2 N–H and O–H groups in total. The summed E-state index contributed by atoms with van der Waals surface area (Å²) in [4.78, 5) is 9.30. The van der Waals surface area contributed by atoms with Crippen molar-refractivity contribution in [3.63, 3.8) is 0 Å². The van der Waals surface area contributed by atoms with Crippen LogP contribution >= 0.6 is 0 Å². The minimum atomic E-state index is 0.288. The second-order valence-corrected chi connectivity index (χ2v) is 8.02. The molecule has 2 aliphatic heterocycles. The standard InChI is InChI=1S/C23H39N5O3/c1-24-23(26-11-4-17-31-22-9-18-30-19-22)25-10-3-12-27-13-15-28(16-14-27)20-5-7-21(29-2)8-6-20/h5-8,22H,3-4,9-19H2,1-2H3,(H2,24,25,26). The smallest absolute Gasteiger partial charge is 0.190 e. The number of benzene rings is 1. The fraction of sp³-hybridized carbons (Fsp3) is 0.696. The third kappa shape index (κ3) is 8.20. The molecule has 2 aliphatic rings. The SMILES string of the molecule is CN=C(NCCCOC1CCOC1)NCCCN1CCN(c2ccc(OC)cc2)CC1. The molecular weight excluding hydrogens is 394 g/mol. The van der Waals surface area contributed by atoms with E-state index < -0.39 is 0 Å². The number of piperazine rings is 1. The molecule has 3 rings (SSSR count). The summed E-state index contributed by atoms with van der Waals surface area (Å²) in [6, 6.07) is 8.36. The highest BCUT2D eigenvalue weighted by Gasteiger charge is 2.17. The van der Waals surface area contributed by atoms with E-state index in [1.807, 2.05) is 19.2 Å². The average molecular weight is 434 g/mol. The Morgan fingerprint density at radius 1 is 1.10 bits per heavy atom. The minimum Gasteiger partial charge on any atom is -0.497 e. The van der Waals surface area contributed by atoms with Crippen molar-refractivity contribution in [1.82, 2.24) is 15.5 Å². The molecule has 2 fully saturated rings. The Morgan fingerprint density at radius 2 is 1.84 bits per heavy atom. The summed E-state index contributed by atoms with van der Waals surface area (Å²) < 4.78 is 16.4. The molecule has 1 atom stereocenters. The molecule has 2 saturated heterocycles. The van der Waals surface area contributed by atoms with Crippen LogP contribution in [0.3, 0.4) is 0 Å². The van der Waals surface area contributed by atoms with Gasteiger partial charge in [0.25, 0.3) is 0 Å². The van der Waals surface area contributed by atoms with Gasteiger partial charge in [0.2, 0.25) is 0 Å². The zero-order chi connectivity index (χ0) is 21.7. The van der Waals surface area contributed by atoms with Crippen molar-refractivity contribution in [2.45, 2.75) is 25.4 Å². The van der Waals surface area contributed by atoms with Gasteiger partial charge in [-0.1, -0.05) is 0 Å². The van der Waals surface area contributed by atoms with Gasteiger partial charge in [-0.15, -0.1) is 0 Å². The molecule has 1 unspecified atom stereocenters. The molecule has 0 bridgehead atoms. The summed E-state index contributed by atoms with van der Waals surface area (Å²) in [7, 11) is 3.53. The van der Waals surface area contributed by atoms with Crippen molar-refractivity contribution in [3.05, 3.63) is 24.3 Å². The number of hydrogen-bond donors (Lipinski definition) is 2. The van der Waals surface area contributed by atoms with Crippen molar-refractivity contribution >= 4 is 11.6 Å². The van der Waals surface area contributed by atoms with E-state index >= 15 is 0 Å². The topological polar surface area (TPSA) is 70.6 Å². The summed E-state index contributed by atoms with van der Waals surface area (Å²) in [5, 5.41) is 6.78. The van der Waals surface area contributed by atoms with E-state index in [0.29, 0.717) is 0 Å². The van der Waals surface area contributed by atoms with Crippen LogP contribution in [0.1, 0.15) is 19.3 Å². The van der Waals surface area contributed by atoms with Crippen LogP contribution in [0.5, 0.6) is 5.75 Å². The molecule has 0 aliphatic carbocycles. The van der Waals surface area contributed by atoms with E-state index in [1.54, 1.807) is 7.11 Å². The van der Waals surface area contributed by atoms with Gasteiger partial charge in [-0.2, -0.15) is 0 Å². The molecule has 2 heterocycles. The predicted octanol–water partition coefficient (Wildman–Crippen LogP) is 1.57. The molecule has 0 radical (unpaired) electrons. The molecule has 174 valence electrons. The molecule has 8 nitrogen and oxygen atoms in total. The maximum absolute atomic E-state index is 5.79. The molecule has 0 amide bonds. The summed E-state index contributed by atoms with van der Waals surface area (Å²) in [6.07, 6.45) is 3.38. The van der Waals surface area contributed by atoms with E-state index in [-0.39, 0.29) is 6.10 Å². The number of hydrogen-bond acceptors (Lipinski definition) is 6. The third-order valence-electron chi connectivity index (χ3n) is 5.83. The van der Waals surface area contributed by atoms with Gasteiger partial charge in [-0.05, 0) is 50.1 Å². The lowest BCUT2D eigenvalue weighted by Crippen LogP contribution is -2.47. The number of rotatable bonds is 11. The summed E-state index contributed by atoms with van der Waals surface area (Å²) in [6.45, 7) is 9.57. The molecule has 1 aromatic rings. The van der Waals surface area contributed by atoms with E-state index in [2.05, 4.69) is 37.6 Å². The molecular formula is C23H39N5O3. The first kappa shape index (κ1) is 23.6. The van der Waals surface area contributed by atoms with Gasteiger partial charge >= 0.3 is 0 Å².